The third-order valence-electron chi connectivity index (χ3n) is 8.30. The lowest BCUT2D eigenvalue weighted by molar-refractivity contribution is -0.163. The summed E-state index contributed by atoms with van der Waals surface area (Å²) in [4.78, 5) is 24.5. The van der Waals surface area contributed by atoms with E-state index in [9.17, 15) is 14.7 Å². The zero-order valence-electron chi connectivity index (χ0n) is 19.4. The van der Waals surface area contributed by atoms with E-state index in [1.165, 1.54) is 38.5 Å². The molecule has 0 heterocycles. The van der Waals surface area contributed by atoms with Gasteiger partial charge in [0, 0.05) is 0 Å². The summed E-state index contributed by atoms with van der Waals surface area (Å²) in [7, 11) is 0. The standard InChI is InChI=1S/C25H44O4/c1-6-7-8-11-19-15-25(5,17(2)3)14-13-20(19)16-29-24(28)21-12-9-10-18(4)22(21)23(26)27/h17-22H,6-16H2,1-5H3,(H,26,27). The molecular weight excluding hydrogens is 364 g/mol. The van der Waals surface area contributed by atoms with Crippen molar-refractivity contribution >= 4 is 11.9 Å². The van der Waals surface area contributed by atoms with Gasteiger partial charge in [0.2, 0.25) is 0 Å². The van der Waals surface area contributed by atoms with Crippen LogP contribution in [0, 0.1) is 40.9 Å². The van der Waals surface area contributed by atoms with Crippen molar-refractivity contribution in [2.24, 2.45) is 40.9 Å². The molecule has 168 valence electrons. The second-order valence-corrected chi connectivity index (χ2v) is 10.6. The predicted octanol–water partition coefficient (Wildman–Crippen LogP) is 6.33. The van der Waals surface area contributed by atoms with Crippen LogP contribution in [0.5, 0.6) is 0 Å². The molecule has 0 aromatic carbocycles. The predicted molar refractivity (Wildman–Crippen MR) is 117 cm³/mol. The van der Waals surface area contributed by atoms with Crippen molar-refractivity contribution in [3.05, 3.63) is 0 Å². The molecule has 6 atom stereocenters. The molecule has 6 unspecified atom stereocenters. The van der Waals surface area contributed by atoms with Gasteiger partial charge in [0.25, 0.3) is 0 Å². The average molecular weight is 409 g/mol. The number of carbonyl (C=O) groups is 2. The second-order valence-electron chi connectivity index (χ2n) is 10.6. The number of carboxylic acids is 1. The van der Waals surface area contributed by atoms with Gasteiger partial charge in [-0.05, 0) is 61.2 Å². The van der Waals surface area contributed by atoms with E-state index in [1.807, 2.05) is 6.92 Å². The Labute approximate surface area is 178 Å². The quantitative estimate of drug-likeness (QED) is 0.358. The van der Waals surface area contributed by atoms with Gasteiger partial charge >= 0.3 is 11.9 Å². The molecule has 2 fully saturated rings. The Bertz CT molecular complexity index is 543. The maximum atomic E-state index is 12.8. The summed E-state index contributed by atoms with van der Waals surface area (Å²) in [5.41, 5.74) is 0.380. The van der Waals surface area contributed by atoms with Gasteiger partial charge in [-0.3, -0.25) is 9.59 Å². The molecule has 2 aliphatic carbocycles. The van der Waals surface area contributed by atoms with Crippen LogP contribution in [-0.4, -0.2) is 23.7 Å². The smallest absolute Gasteiger partial charge is 0.309 e. The van der Waals surface area contributed by atoms with Crippen LogP contribution in [0.25, 0.3) is 0 Å². The SMILES string of the molecule is CCCCCC1CC(C)(C(C)C)CCC1COC(=O)C1CCCC(C)C1C(=O)O. The van der Waals surface area contributed by atoms with Crippen molar-refractivity contribution in [2.45, 2.75) is 98.8 Å². The van der Waals surface area contributed by atoms with E-state index in [-0.39, 0.29) is 11.9 Å². The molecule has 0 saturated heterocycles. The zero-order chi connectivity index (χ0) is 21.6. The van der Waals surface area contributed by atoms with Gasteiger partial charge in [0.05, 0.1) is 18.4 Å². The number of carboxylic acid groups (broad SMARTS) is 1. The molecule has 0 aromatic heterocycles. The number of aliphatic carboxylic acids is 1. The van der Waals surface area contributed by atoms with Gasteiger partial charge in [-0.2, -0.15) is 0 Å². The molecule has 0 aliphatic heterocycles. The Morgan fingerprint density at radius 1 is 1.14 bits per heavy atom. The second kappa shape index (κ2) is 10.8. The van der Waals surface area contributed by atoms with E-state index in [4.69, 9.17) is 4.74 Å². The number of esters is 1. The Morgan fingerprint density at radius 3 is 2.48 bits per heavy atom. The van der Waals surface area contributed by atoms with Crippen LogP contribution in [0.15, 0.2) is 0 Å². The summed E-state index contributed by atoms with van der Waals surface area (Å²) in [5, 5.41) is 9.61. The normalized spacial score (nSPS) is 35.4. The van der Waals surface area contributed by atoms with Crippen LogP contribution in [0.3, 0.4) is 0 Å². The fourth-order valence-corrected chi connectivity index (χ4v) is 5.75. The molecule has 0 aromatic rings. The lowest BCUT2D eigenvalue weighted by Crippen LogP contribution is -2.40. The molecule has 1 N–H and O–H groups in total. The van der Waals surface area contributed by atoms with E-state index in [0.717, 1.165) is 19.3 Å². The number of hydrogen-bond donors (Lipinski definition) is 1. The Hall–Kier alpha value is -1.06. The average Bonchev–Trinajstić information content (AvgIpc) is 2.66. The number of rotatable bonds is 9. The maximum absolute atomic E-state index is 12.8. The highest BCUT2D eigenvalue weighted by atomic mass is 16.5. The van der Waals surface area contributed by atoms with Gasteiger partial charge in [-0.25, -0.2) is 0 Å². The van der Waals surface area contributed by atoms with Crippen LogP contribution in [-0.2, 0) is 14.3 Å². The highest BCUT2D eigenvalue weighted by Crippen LogP contribution is 2.48. The molecule has 29 heavy (non-hydrogen) atoms. The minimum Gasteiger partial charge on any atom is -0.481 e. The van der Waals surface area contributed by atoms with E-state index in [2.05, 4.69) is 27.7 Å². The molecule has 0 radical (unpaired) electrons. The molecule has 2 saturated carbocycles. The van der Waals surface area contributed by atoms with Crippen molar-refractivity contribution < 1.29 is 19.4 Å². The lowest BCUT2D eigenvalue weighted by Gasteiger charge is -2.45. The summed E-state index contributed by atoms with van der Waals surface area (Å²) in [6, 6.07) is 0. The van der Waals surface area contributed by atoms with Crippen molar-refractivity contribution in [2.75, 3.05) is 6.61 Å². The topological polar surface area (TPSA) is 63.6 Å². The zero-order valence-corrected chi connectivity index (χ0v) is 19.4. The first kappa shape index (κ1) is 24.2. The maximum Gasteiger partial charge on any atom is 0.309 e. The molecule has 2 rings (SSSR count). The first-order valence-corrected chi connectivity index (χ1v) is 12.1. The molecular formula is C25H44O4. The fourth-order valence-electron chi connectivity index (χ4n) is 5.75. The molecule has 0 amide bonds. The van der Waals surface area contributed by atoms with Crippen molar-refractivity contribution in [1.82, 2.24) is 0 Å². The number of hydrogen-bond acceptors (Lipinski definition) is 3. The van der Waals surface area contributed by atoms with Crippen molar-refractivity contribution in [3.63, 3.8) is 0 Å². The van der Waals surface area contributed by atoms with Crippen molar-refractivity contribution in [1.29, 1.82) is 0 Å². The monoisotopic (exact) mass is 408 g/mol. The lowest BCUT2D eigenvalue weighted by atomic mass is 9.61. The van der Waals surface area contributed by atoms with E-state index in [0.29, 0.717) is 36.2 Å². The van der Waals surface area contributed by atoms with Crippen LogP contribution in [0.4, 0.5) is 0 Å². The van der Waals surface area contributed by atoms with Gasteiger partial charge in [-0.1, -0.05) is 66.7 Å². The minimum absolute atomic E-state index is 0.0435. The minimum atomic E-state index is -0.845. The first-order valence-electron chi connectivity index (χ1n) is 12.1. The van der Waals surface area contributed by atoms with Crippen LogP contribution < -0.4 is 0 Å². The van der Waals surface area contributed by atoms with Gasteiger partial charge in [0.15, 0.2) is 0 Å². The van der Waals surface area contributed by atoms with Crippen LogP contribution >= 0.6 is 0 Å². The molecule has 0 spiro atoms. The van der Waals surface area contributed by atoms with E-state index in [1.54, 1.807) is 0 Å². The summed E-state index contributed by atoms with van der Waals surface area (Å²) in [6.07, 6.45) is 10.9. The highest BCUT2D eigenvalue weighted by molar-refractivity contribution is 5.81. The molecule has 2 aliphatic rings. The van der Waals surface area contributed by atoms with E-state index < -0.39 is 17.8 Å². The van der Waals surface area contributed by atoms with Gasteiger partial charge in [0.1, 0.15) is 0 Å². The Kier molecular flexibility index (Phi) is 9.03. The molecule has 4 nitrogen and oxygen atoms in total. The largest absolute Gasteiger partial charge is 0.481 e. The van der Waals surface area contributed by atoms with Gasteiger partial charge in [-0.15, -0.1) is 0 Å². The van der Waals surface area contributed by atoms with Crippen LogP contribution in [0.2, 0.25) is 0 Å². The number of unbranched alkanes of at least 4 members (excludes halogenated alkanes) is 2. The summed E-state index contributed by atoms with van der Waals surface area (Å²) >= 11 is 0. The first-order chi connectivity index (χ1) is 13.7. The third-order valence-corrected chi connectivity index (χ3v) is 8.30. The molecule has 4 heteroatoms. The van der Waals surface area contributed by atoms with Crippen LogP contribution in [0.1, 0.15) is 98.8 Å². The van der Waals surface area contributed by atoms with Gasteiger partial charge < -0.3 is 9.84 Å². The fraction of sp³-hybridized carbons (Fsp3) is 0.920. The Morgan fingerprint density at radius 2 is 1.86 bits per heavy atom. The number of ether oxygens (including phenoxy) is 1. The Balaban J connectivity index is 1.98. The summed E-state index contributed by atoms with van der Waals surface area (Å²) < 4.78 is 5.81. The van der Waals surface area contributed by atoms with Crippen molar-refractivity contribution in [3.8, 4) is 0 Å². The molecule has 0 bridgehead atoms. The summed E-state index contributed by atoms with van der Waals surface area (Å²) in [5.74, 6) is -0.438. The summed E-state index contributed by atoms with van der Waals surface area (Å²) in [6.45, 7) is 11.8. The highest BCUT2D eigenvalue weighted by Gasteiger charge is 2.43. The van der Waals surface area contributed by atoms with E-state index >= 15 is 0 Å². The third kappa shape index (κ3) is 6.21. The number of carbonyl (C=O) groups excluding carboxylic acids is 1.